The van der Waals surface area contributed by atoms with E-state index in [4.69, 9.17) is 5.10 Å². The molecule has 3 unspecified atom stereocenters. The number of carbonyl (C=O) groups is 1. The number of rotatable bonds is 4. The molecule has 4 rings (SSSR count). The summed E-state index contributed by atoms with van der Waals surface area (Å²) in [6.07, 6.45) is 7.29. The van der Waals surface area contributed by atoms with Gasteiger partial charge in [-0.1, -0.05) is 45.6 Å². The van der Waals surface area contributed by atoms with E-state index in [1.165, 1.54) is 6.08 Å². The quantitative estimate of drug-likeness (QED) is 0.702. The van der Waals surface area contributed by atoms with Crippen LogP contribution in [0, 0.1) is 23.2 Å². The van der Waals surface area contributed by atoms with Crippen LogP contribution in [-0.4, -0.2) is 32.8 Å². The molecule has 0 saturated carbocycles. The summed E-state index contributed by atoms with van der Waals surface area (Å²) in [5, 5.41) is 14.4. The Balaban J connectivity index is 1.91. The number of carbonyl (C=O) groups excluding carboxylic acids is 1. The number of nitrogens with zero attached hydrogens (tertiary/aromatic N) is 5. The van der Waals surface area contributed by atoms with Crippen molar-refractivity contribution in [3.05, 3.63) is 66.0 Å². The second kappa shape index (κ2) is 8.35. The molecule has 0 spiro atoms. The zero-order chi connectivity index (χ0) is 22.1. The minimum atomic E-state index is -0.0566. The average Bonchev–Trinajstić information content (AvgIpc) is 3.16. The summed E-state index contributed by atoms with van der Waals surface area (Å²) >= 11 is 0. The van der Waals surface area contributed by atoms with Crippen LogP contribution in [-0.2, 0) is 17.9 Å². The molecule has 0 bridgehead atoms. The zero-order valence-electron chi connectivity index (χ0n) is 18.2. The molecular weight excluding hydrogens is 386 g/mol. The number of aromatic nitrogens is 2. The van der Waals surface area contributed by atoms with Crippen LogP contribution < -0.4 is 0 Å². The topological polar surface area (TPSA) is 74.3 Å². The molecule has 1 aromatic carbocycles. The lowest BCUT2D eigenvalue weighted by Gasteiger charge is -2.38. The number of nitriles is 1. The average molecular weight is 414 g/mol. The number of hydrogen-bond donors (Lipinski definition) is 0. The van der Waals surface area contributed by atoms with Crippen LogP contribution in [0.5, 0.6) is 0 Å². The van der Waals surface area contributed by atoms with Gasteiger partial charge in [0.25, 0.3) is 0 Å². The summed E-state index contributed by atoms with van der Waals surface area (Å²) in [6, 6.07) is 9.84. The van der Waals surface area contributed by atoms with E-state index in [0.29, 0.717) is 18.7 Å². The van der Waals surface area contributed by atoms with Crippen LogP contribution in [0.3, 0.4) is 0 Å². The van der Waals surface area contributed by atoms with Gasteiger partial charge in [0.2, 0.25) is 5.91 Å². The second-order valence-electron chi connectivity index (χ2n) is 8.59. The fraction of sp³-hybridized carbons (Fsp3) is 0.360. The summed E-state index contributed by atoms with van der Waals surface area (Å²) in [6.45, 7) is 11.2. The Labute approximate surface area is 183 Å². The molecule has 2 aromatic rings. The largest absolute Gasteiger partial charge is 0.328 e. The predicted octanol–water partition coefficient (Wildman–Crippen LogP) is 4.29. The van der Waals surface area contributed by atoms with Gasteiger partial charge in [0.05, 0.1) is 42.2 Å². The number of amides is 1. The number of hydrogen-bond acceptors (Lipinski definition) is 4. The van der Waals surface area contributed by atoms with Gasteiger partial charge < -0.3 is 4.90 Å². The highest BCUT2D eigenvalue weighted by Gasteiger charge is 2.37. The van der Waals surface area contributed by atoms with E-state index in [9.17, 15) is 10.1 Å². The van der Waals surface area contributed by atoms with E-state index in [1.54, 1.807) is 6.07 Å². The molecule has 3 atom stereocenters. The Morgan fingerprint density at radius 2 is 2.19 bits per heavy atom. The first-order valence-electron chi connectivity index (χ1n) is 10.7. The lowest BCUT2D eigenvalue weighted by atomic mass is 9.83. The summed E-state index contributed by atoms with van der Waals surface area (Å²) in [5.41, 5.74) is 4.54. The fourth-order valence-electron chi connectivity index (χ4n) is 4.57. The normalized spacial score (nSPS) is 22.3. The summed E-state index contributed by atoms with van der Waals surface area (Å²) < 4.78 is 2.06. The number of fused-ring (bicyclic) bond motifs is 1. The number of benzene rings is 1. The van der Waals surface area contributed by atoms with Crippen LogP contribution in [0.4, 0.5) is 0 Å². The van der Waals surface area contributed by atoms with Gasteiger partial charge in [-0.15, -0.1) is 0 Å². The van der Waals surface area contributed by atoms with E-state index in [0.717, 1.165) is 22.5 Å². The van der Waals surface area contributed by atoms with Gasteiger partial charge in [-0.05, 0) is 24.1 Å². The van der Waals surface area contributed by atoms with Gasteiger partial charge in [0, 0.05) is 35.4 Å². The number of aliphatic imine (C=N–C) groups is 1. The molecular formula is C25H27N5O. The molecule has 31 heavy (non-hydrogen) atoms. The maximum Gasteiger partial charge on any atom is 0.246 e. The maximum atomic E-state index is 12.7. The van der Waals surface area contributed by atoms with E-state index < -0.39 is 0 Å². The first-order chi connectivity index (χ1) is 14.9. The SMILES string of the molecule is C=CC(=O)N1Cc2c(C3C=CN=CC3C)c(-c3cccc(C#N)c3)nn2CC1C(C)C. The van der Waals surface area contributed by atoms with Crippen molar-refractivity contribution in [1.82, 2.24) is 14.7 Å². The van der Waals surface area contributed by atoms with E-state index >= 15 is 0 Å². The standard InChI is InChI=1S/C25H27N5O/c1-5-23(31)29-14-22-24(20-9-10-27-13-17(20)4)25(19-8-6-7-18(11-19)12-26)28-30(22)15-21(29)16(2)3/h5-11,13,16-17,20-21H,1,14-15H2,2-4H3. The molecule has 2 aliphatic rings. The number of allylic oxidation sites excluding steroid dienone is 1. The molecule has 0 radical (unpaired) electrons. The summed E-state index contributed by atoms with van der Waals surface area (Å²) in [7, 11) is 0. The summed E-state index contributed by atoms with van der Waals surface area (Å²) in [4.78, 5) is 18.9. The molecule has 3 heterocycles. The monoisotopic (exact) mass is 413 g/mol. The highest BCUT2D eigenvalue weighted by Crippen LogP contribution is 2.40. The molecule has 0 fully saturated rings. The molecule has 0 saturated heterocycles. The Bertz CT molecular complexity index is 1120. The van der Waals surface area contributed by atoms with Crippen LogP contribution in [0.2, 0.25) is 0 Å². The zero-order valence-corrected chi connectivity index (χ0v) is 18.2. The maximum absolute atomic E-state index is 12.7. The van der Waals surface area contributed by atoms with Gasteiger partial charge in [-0.25, -0.2) is 0 Å². The molecule has 1 amide bonds. The van der Waals surface area contributed by atoms with E-state index in [-0.39, 0.29) is 29.7 Å². The Morgan fingerprint density at radius 3 is 2.87 bits per heavy atom. The van der Waals surface area contributed by atoms with Crippen molar-refractivity contribution in [3.63, 3.8) is 0 Å². The first-order valence-corrected chi connectivity index (χ1v) is 10.7. The Kier molecular flexibility index (Phi) is 5.60. The lowest BCUT2D eigenvalue weighted by Crippen LogP contribution is -2.48. The fourth-order valence-corrected chi connectivity index (χ4v) is 4.57. The minimum absolute atomic E-state index is 0.0462. The van der Waals surface area contributed by atoms with Crippen molar-refractivity contribution in [2.45, 2.75) is 45.8 Å². The van der Waals surface area contributed by atoms with E-state index in [2.05, 4.69) is 49.2 Å². The third-order valence-corrected chi connectivity index (χ3v) is 6.27. The molecule has 6 nitrogen and oxygen atoms in total. The van der Waals surface area contributed by atoms with Crippen molar-refractivity contribution in [1.29, 1.82) is 5.26 Å². The van der Waals surface area contributed by atoms with Crippen LogP contribution in [0.15, 0.2) is 54.2 Å². The van der Waals surface area contributed by atoms with Gasteiger partial charge >= 0.3 is 0 Å². The van der Waals surface area contributed by atoms with Crippen molar-refractivity contribution in [3.8, 4) is 17.3 Å². The van der Waals surface area contributed by atoms with Crippen LogP contribution in [0.1, 0.15) is 43.5 Å². The summed E-state index contributed by atoms with van der Waals surface area (Å²) in [5.74, 6) is 0.524. The van der Waals surface area contributed by atoms with Crippen LogP contribution in [0.25, 0.3) is 11.3 Å². The molecule has 158 valence electrons. The Hall–Kier alpha value is -3.46. The molecule has 2 aliphatic heterocycles. The van der Waals surface area contributed by atoms with Crippen molar-refractivity contribution in [2.24, 2.45) is 16.8 Å². The molecule has 0 N–H and O–H groups in total. The molecule has 0 aliphatic carbocycles. The van der Waals surface area contributed by atoms with Crippen molar-refractivity contribution >= 4 is 12.1 Å². The van der Waals surface area contributed by atoms with Gasteiger partial charge in [-0.3, -0.25) is 14.5 Å². The molecule has 1 aromatic heterocycles. The first kappa shape index (κ1) is 20.8. The van der Waals surface area contributed by atoms with Crippen LogP contribution >= 0.6 is 0 Å². The third-order valence-electron chi connectivity index (χ3n) is 6.27. The lowest BCUT2D eigenvalue weighted by molar-refractivity contribution is -0.131. The van der Waals surface area contributed by atoms with Gasteiger partial charge in [0.15, 0.2) is 0 Å². The van der Waals surface area contributed by atoms with E-state index in [1.807, 2.05) is 35.5 Å². The Morgan fingerprint density at radius 1 is 1.39 bits per heavy atom. The van der Waals surface area contributed by atoms with Gasteiger partial charge in [-0.2, -0.15) is 10.4 Å². The minimum Gasteiger partial charge on any atom is -0.328 e. The third kappa shape index (κ3) is 3.72. The molecule has 6 heteroatoms. The highest BCUT2D eigenvalue weighted by molar-refractivity contribution is 5.87. The smallest absolute Gasteiger partial charge is 0.246 e. The van der Waals surface area contributed by atoms with Gasteiger partial charge in [0.1, 0.15) is 0 Å². The van der Waals surface area contributed by atoms with Crippen molar-refractivity contribution < 1.29 is 4.79 Å². The predicted molar refractivity (Wildman–Crippen MR) is 121 cm³/mol. The second-order valence-corrected chi connectivity index (χ2v) is 8.59. The highest BCUT2D eigenvalue weighted by atomic mass is 16.2. The van der Waals surface area contributed by atoms with Crippen molar-refractivity contribution in [2.75, 3.05) is 0 Å².